The van der Waals surface area contributed by atoms with Gasteiger partial charge in [-0.15, -0.1) is 12.4 Å². The van der Waals surface area contributed by atoms with Crippen LogP contribution in [-0.4, -0.2) is 13.2 Å². The quantitative estimate of drug-likeness (QED) is 0.777. The molecule has 1 aromatic rings. The standard InChI is InChI=1S/C9H10BrNO.ClH/c10-8-1-2-9-7(5-8)6-11-3-4-12-9;/h1-2,5,11H,3-4,6H2;1H. The molecule has 1 N–H and O–H groups in total. The SMILES string of the molecule is Brc1ccc2c(c1)CNCCO2.Cl. The minimum Gasteiger partial charge on any atom is -0.492 e. The van der Waals surface area contributed by atoms with Crippen molar-refractivity contribution >= 4 is 28.3 Å². The lowest BCUT2D eigenvalue weighted by atomic mass is 10.2. The fourth-order valence-electron chi connectivity index (χ4n) is 1.28. The van der Waals surface area contributed by atoms with Gasteiger partial charge in [-0.3, -0.25) is 0 Å². The summed E-state index contributed by atoms with van der Waals surface area (Å²) in [4.78, 5) is 0. The Kier molecular flexibility index (Phi) is 4.03. The van der Waals surface area contributed by atoms with Crippen LogP contribution < -0.4 is 10.1 Å². The van der Waals surface area contributed by atoms with Gasteiger partial charge in [0.25, 0.3) is 0 Å². The second-order valence-corrected chi connectivity index (χ2v) is 3.69. The predicted octanol–water partition coefficient (Wildman–Crippen LogP) is 2.35. The molecule has 1 aromatic carbocycles. The summed E-state index contributed by atoms with van der Waals surface area (Å²) in [6.45, 7) is 2.58. The first-order valence-corrected chi connectivity index (χ1v) is 4.77. The van der Waals surface area contributed by atoms with Crippen molar-refractivity contribution < 1.29 is 4.74 Å². The highest BCUT2D eigenvalue weighted by Crippen LogP contribution is 2.23. The van der Waals surface area contributed by atoms with Crippen LogP contribution in [0.15, 0.2) is 22.7 Å². The number of benzene rings is 1. The average molecular weight is 265 g/mol. The zero-order chi connectivity index (χ0) is 8.39. The minimum atomic E-state index is 0. The highest BCUT2D eigenvalue weighted by molar-refractivity contribution is 9.10. The first-order chi connectivity index (χ1) is 5.86. The van der Waals surface area contributed by atoms with Crippen LogP contribution >= 0.6 is 28.3 Å². The van der Waals surface area contributed by atoms with E-state index in [-0.39, 0.29) is 12.4 Å². The van der Waals surface area contributed by atoms with Crippen LogP contribution in [0.5, 0.6) is 5.75 Å². The van der Waals surface area contributed by atoms with Gasteiger partial charge >= 0.3 is 0 Å². The molecular weight excluding hydrogens is 253 g/mol. The monoisotopic (exact) mass is 263 g/mol. The Bertz CT molecular complexity index is 293. The summed E-state index contributed by atoms with van der Waals surface area (Å²) in [6, 6.07) is 6.10. The minimum absolute atomic E-state index is 0. The summed E-state index contributed by atoms with van der Waals surface area (Å²) in [7, 11) is 0. The summed E-state index contributed by atoms with van der Waals surface area (Å²) in [5.74, 6) is 1.00. The van der Waals surface area contributed by atoms with Crippen LogP contribution in [0.4, 0.5) is 0 Å². The molecule has 2 rings (SSSR count). The largest absolute Gasteiger partial charge is 0.492 e. The molecule has 0 amide bonds. The molecule has 0 spiro atoms. The highest BCUT2D eigenvalue weighted by atomic mass is 79.9. The van der Waals surface area contributed by atoms with Gasteiger partial charge < -0.3 is 10.1 Å². The smallest absolute Gasteiger partial charge is 0.123 e. The molecule has 0 bridgehead atoms. The number of fused-ring (bicyclic) bond motifs is 1. The number of rotatable bonds is 0. The van der Waals surface area contributed by atoms with Crippen molar-refractivity contribution in [3.8, 4) is 5.75 Å². The van der Waals surface area contributed by atoms with E-state index >= 15 is 0 Å². The second-order valence-electron chi connectivity index (χ2n) is 2.78. The Morgan fingerprint density at radius 3 is 3.08 bits per heavy atom. The van der Waals surface area contributed by atoms with Crippen LogP contribution in [-0.2, 0) is 6.54 Å². The lowest BCUT2D eigenvalue weighted by Crippen LogP contribution is -2.16. The third-order valence-electron chi connectivity index (χ3n) is 1.87. The van der Waals surface area contributed by atoms with Gasteiger partial charge in [-0.25, -0.2) is 0 Å². The molecule has 0 fully saturated rings. The molecule has 0 saturated heterocycles. The maximum absolute atomic E-state index is 5.52. The first-order valence-electron chi connectivity index (χ1n) is 3.98. The van der Waals surface area contributed by atoms with E-state index in [1.54, 1.807) is 0 Å². The first kappa shape index (κ1) is 10.8. The Hall–Kier alpha value is -0.250. The van der Waals surface area contributed by atoms with Gasteiger partial charge in [0.15, 0.2) is 0 Å². The molecular formula is C9H11BrClNO. The number of ether oxygens (including phenoxy) is 1. The van der Waals surface area contributed by atoms with Crippen molar-refractivity contribution in [3.05, 3.63) is 28.2 Å². The van der Waals surface area contributed by atoms with Crippen LogP contribution in [0.1, 0.15) is 5.56 Å². The summed E-state index contributed by atoms with van der Waals surface area (Å²) in [5, 5.41) is 3.28. The molecule has 13 heavy (non-hydrogen) atoms. The Morgan fingerprint density at radius 2 is 2.23 bits per heavy atom. The fourth-order valence-corrected chi connectivity index (χ4v) is 1.69. The van der Waals surface area contributed by atoms with Crippen molar-refractivity contribution in [3.63, 3.8) is 0 Å². The predicted molar refractivity (Wildman–Crippen MR) is 58.6 cm³/mol. The third kappa shape index (κ3) is 2.59. The Labute approximate surface area is 92.2 Å². The molecule has 0 saturated carbocycles. The lowest BCUT2D eigenvalue weighted by Gasteiger charge is -2.05. The van der Waals surface area contributed by atoms with E-state index in [1.807, 2.05) is 12.1 Å². The van der Waals surface area contributed by atoms with E-state index < -0.39 is 0 Å². The highest BCUT2D eigenvalue weighted by Gasteiger charge is 2.07. The Morgan fingerprint density at radius 1 is 1.38 bits per heavy atom. The van der Waals surface area contributed by atoms with Gasteiger partial charge in [0.2, 0.25) is 0 Å². The maximum atomic E-state index is 5.52. The maximum Gasteiger partial charge on any atom is 0.123 e. The van der Waals surface area contributed by atoms with Gasteiger partial charge in [-0.1, -0.05) is 15.9 Å². The zero-order valence-electron chi connectivity index (χ0n) is 7.05. The number of nitrogens with one attached hydrogen (secondary N) is 1. The van der Waals surface area contributed by atoms with E-state index in [0.29, 0.717) is 0 Å². The lowest BCUT2D eigenvalue weighted by molar-refractivity contribution is 0.325. The molecule has 0 aliphatic carbocycles. The fraction of sp³-hybridized carbons (Fsp3) is 0.333. The number of hydrogen-bond acceptors (Lipinski definition) is 2. The molecule has 0 unspecified atom stereocenters. The summed E-state index contributed by atoms with van der Waals surface area (Å²) in [5.41, 5.74) is 1.22. The molecule has 1 aliphatic rings. The Balaban J connectivity index is 0.000000845. The molecule has 1 aliphatic heterocycles. The number of halogens is 2. The van der Waals surface area contributed by atoms with E-state index in [1.165, 1.54) is 5.56 Å². The van der Waals surface area contributed by atoms with Gasteiger partial charge in [0.1, 0.15) is 12.4 Å². The molecule has 0 aromatic heterocycles. The molecule has 0 atom stereocenters. The van der Waals surface area contributed by atoms with Crippen LogP contribution in [0, 0.1) is 0 Å². The van der Waals surface area contributed by atoms with E-state index in [0.717, 1.165) is 29.9 Å². The molecule has 2 nitrogen and oxygen atoms in total. The van der Waals surface area contributed by atoms with Gasteiger partial charge in [0.05, 0.1) is 0 Å². The van der Waals surface area contributed by atoms with E-state index in [4.69, 9.17) is 4.74 Å². The van der Waals surface area contributed by atoms with Crippen LogP contribution in [0.2, 0.25) is 0 Å². The normalized spacial score (nSPS) is 14.8. The number of hydrogen-bond donors (Lipinski definition) is 1. The third-order valence-corrected chi connectivity index (χ3v) is 2.37. The summed E-state index contributed by atoms with van der Waals surface area (Å²) < 4.78 is 6.63. The van der Waals surface area contributed by atoms with Crippen molar-refractivity contribution in [2.45, 2.75) is 6.54 Å². The van der Waals surface area contributed by atoms with Crippen LogP contribution in [0.3, 0.4) is 0 Å². The second kappa shape index (κ2) is 4.84. The topological polar surface area (TPSA) is 21.3 Å². The van der Waals surface area contributed by atoms with Gasteiger partial charge in [-0.05, 0) is 18.2 Å². The van der Waals surface area contributed by atoms with Gasteiger partial charge in [0, 0.05) is 23.1 Å². The van der Waals surface area contributed by atoms with Crippen molar-refractivity contribution in [2.75, 3.05) is 13.2 Å². The van der Waals surface area contributed by atoms with E-state index in [9.17, 15) is 0 Å². The summed E-state index contributed by atoms with van der Waals surface area (Å²) in [6.07, 6.45) is 0. The average Bonchev–Trinajstić information content (AvgIpc) is 2.28. The van der Waals surface area contributed by atoms with Gasteiger partial charge in [-0.2, -0.15) is 0 Å². The molecule has 72 valence electrons. The van der Waals surface area contributed by atoms with E-state index in [2.05, 4.69) is 27.3 Å². The molecule has 4 heteroatoms. The molecule has 1 heterocycles. The van der Waals surface area contributed by atoms with Crippen LogP contribution in [0.25, 0.3) is 0 Å². The van der Waals surface area contributed by atoms with Crippen molar-refractivity contribution in [2.24, 2.45) is 0 Å². The summed E-state index contributed by atoms with van der Waals surface area (Å²) >= 11 is 3.43. The van der Waals surface area contributed by atoms with Crippen molar-refractivity contribution in [1.29, 1.82) is 0 Å². The molecule has 0 radical (unpaired) electrons. The van der Waals surface area contributed by atoms with Crippen molar-refractivity contribution in [1.82, 2.24) is 5.32 Å². The zero-order valence-corrected chi connectivity index (χ0v) is 9.45.